The van der Waals surface area contributed by atoms with Crippen LogP contribution in [-0.2, 0) is 11.3 Å². The van der Waals surface area contributed by atoms with E-state index in [1.54, 1.807) is 11.9 Å². The van der Waals surface area contributed by atoms with Gasteiger partial charge in [0, 0.05) is 18.6 Å². The zero-order valence-corrected chi connectivity index (χ0v) is 12.5. The van der Waals surface area contributed by atoms with Crippen LogP contribution in [0.25, 0.3) is 0 Å². The molecule has 106 valence electrons. The molecule has 0 aromatic heterocycles. The molecule has 20 heavy (non-hydrogen) atoms. The lowest BCUT2D eigenvalue weighted by molar-refractivity contribution is -0.139. The summed E-state index contributed by atoms with van der Waals surface area (Å²) in [5.41, 5.74) is 0.216. The molecular weight excluding hydrogens is 272 g/mol. The monoisotopic (exact) mass is 290 g/mol. The van der Waals surface area contributed by atoms with E-state index in [1.165, 1.54) is 0 Å². The third-order valence-corrected chi connectivity index (χ3v) is 4.26. The molecule has 1 aliphatic carbocycles. The van der Waals surface area contributed by atoms with E-state index < -0.39 is 5.41 Å². The molecule has 0 radical (unpaired) electrons. The molecule has 1 fully saturated rings. The molecule has 0 aliphatic heterocycles. The Morgan fingerprint density at radius 2 is 1.90 bits per heavy atom. The number of hydrogen-bond donors (Lipinski definition) is 0. The molecule has 0 saturated heterocycles. The van der Waals surface area contributed by atoms with Crippen LogP contribution in [0.4, 0.5) is 0 Å². The van der Waals surface area contributed by atoms with Crippen molar-refractivity contribution in [3.05, 3.63) is 34.9 Å². The Balaban J connectivity index is 2.07. The number of carbonyl (C=O) groups is 1. The van der Waals surface area contributed by atoms with Crippen molar-refractivity contribution in [1.29, 1.82) is 5.26 Å². The summed E-state index contributed by atoms with van der Waals surface area (Å²) in [6, 6.07) is 9.73. The smallest absolute Gasteiger partial charge is 0.243 e. The number of nitrogens with zero attached hydrogens (tertiary/aromatic N) is 2. The van der Waals surface area contributed by atoms with E-state index in [1.807, 2.05) is 24.3 Å². The SMILES string of the molecule is CN(Cc1ccc(Cl)cc1)C(=O)C1(C#N)CCCCC1. The highest BCUT2D eigenvalue weighted by molar-refractivity contribution is 6.30. The van der Waals surface area contributed by atoms with Crippen molar-refractivity contribution in [2.75, 3.05) is 7.05 Å². The van der Waals surface area contributed by atoms with Crippen LogP contribution in [0, 0.1) is 16.7 Å². The van der Waals surface area contributed by atoms with E-state index >= 15 is 0 Å². The van der Waals surface area contributed by atoms with Crippen molar-refractivity contribution in [3.8, 4) is 6.07 Å². The van der Waals surface area contributed by atoms with Crippen molar-refractivity contribution in [2.45, 2.75) is 38.6 Å². The number of nitriles is 1. The quantitative estimate of drug-likeness (QED) is 0.850. The summed E-state index contributed by atoms with van der Waals surface area (Å²) in [5, 5.41) is 10.1. The molecule has 0 heterocycles. The summed E-state index contributed by atoms with van der Waals surface area (Å²) in [7, 11) is 1.77. The average Bonchev–Trinajstić information content (AvgIpc) is 2.49. The second-order valence-corrected chi connectivity index (χ2v) is 5.98. The van der Waals surface area contributed by atoms with Crippen LogP contribution >= 0.6 is 11.6 Å². The van der Waals surface area contributed by atoms with Crippen molar-refractivity contribution in [1.82, 2.24) is 4.90 Å². The lowest BCUT2D eigenvalue weighted by Crippen LogP contribution is -2.42. The molecule has 0 spiro atoms. The van der Waals surface area contributed by atoms with Crippen molar-refractivity contribution >= 4 is 17.5 Å². The van der Waals surface area contributed by atoms with E-state index in [-0.39, 0.29) is 5.91 Å². The average molecular weight is 291 g/mol. The van der Waals surface area contributed by atoms with Gasteiger partial charge in [0.25, 0.3) is 0 Å². The van der Waals surface area contributed by atoms with Crippen LogP contribution in [0.1, 0.15) is 37.7 Å². The Morgan fingerprint density at radius 3 is 2.45 bits per heavy atom. The van der Waals surface area contributed by atoms with Gasteiger partial charge in [-0.2, -0.15) is 5.26 Å². The molecule has 1 aromatic rings. The van der Waals surface area contributed by atoms with Crippen LogP contribution in [0.2, 0.25) is 5.02 Å². The zero-order valence-electron chi connectivity index (χ0n) is 11.7. The van der Waals surface area contributed by atoms with Crippen LogP contribution in [0.3, 0.4) is 0 Å². The van der Waals surface area contributed by atoms with E-state index in [0.717, 1.165) is 24.8 Å². The molecular formula is C16H19ClN2O. The summed E-state index contributed by atoms with van der Waals surface area (Å²) in [6.45, 7) is 0.513. The summed E-state index contributed by atoms with van der Waals surface area (Å²) in [4.78, 5) is 14.3. The molecule has 0 atom stereocenters. The Kier molecular flexibility index (Phi) is 4.67. The molecule has 1 amide bonds. The Morgan fingerprint density at radius 1 is 1.30 bits per heavy atom. The maximum atomic E-state index is 12.6. The molecule has 1 saturated carbocycles. The van der Waals surface area contributed by atoms with E-state index in [2.05, 4.69) is 6.07 Å². The number of halogens is 1. The van der Waals surface area contributed by atoms with Crippen LogP contribution in [-0.4, -0.2) is 17.9 Å². The van der Waals surface area contributed by atoms with Gasteiger partial charge in [-0.3, -0.25) is 4.79 Å². The number of hydrogen-bond acceptors (Lipinski definition) is 2. The van der Waals surface area contributed by atoms with Gasteiger partial charge in [0.05, 0.1) is 6.07 Å². The maximum absolute atomic E-state index is 12.6. The van der Waals surface area contributed by atoms with Gasteiger partial charge in [0.1, 0.15) is 5.41 Å². The van der Waals surface area contributed by atoms with Gasteiger partial charge in [0.2, 0.25) is 5.91 Å². The minimum Gasteiger partial charge on any atom is -0.340 e. The van der Waals surface area contributed by atoms with Gasteiger partial charge in [-0.05, 0) is 30.5 Å². The fourth-order valence-corrected chi connectivity index (χ4v) is 2.96. The second-order valence-electron chi connectivity index (χ2n) is 5.54. The largest absolute Gasteiger partial charge is 0.340 e. The molecule has 1 aromatic carbocycles. The number of amides is 1. The van der Waals surface area contributed by atoms with E-state index in [0.29, 0.717) is 24.4 Å². The summed E-state index contributed by atoms with van der Waals surface area (Å²) in [5.74, 6) is -0.0466. The van der Waals surface area contributed by atoms with Gasteiger partial charge < -0.3 is 4.90 Å². The molecule has 0 unspecified atom stereocenters. The lowest BCUT2D eigenvalue weighted by atomic mass is 9.74. The fraction of sp³-hybridized carbons (Fsp3) is 0.500. The Labute approximate surface area is 125 Å². The molecule has 0 bridgehead atoms. The molecule has 4 heteroatoms. The van der Waals surface area contributed by atoms with Gasteiger partial charge in [-0.15, -0.1) is 0 Å². The molecule has 1 aliphatic rings. The first-order valence-corrected chi connectivity index (χ1v) is 7.36. The van der Waals surface area contributed by atoms with Gasteiger partial charge in [-0.25, -0.2) is 0 Å². The van der Waals surface area contributed by atoms with Crippen LogP contribution < -0.4 is 0 Å². The predicted molar refractivity (Wildman–Crippen MR) is 79.1 cm³/mol. The Hall–Kier alpha value is -1.53. The van der Waals surface area contributed by atoms with Crippen LogP contribution in [0.15, 0.2) is 24.3 Å². The summed E-state index contributed by atoms with van der Waals surface area (Å²) >= 11 is 5.85. The first-order chi connectivity index (χ1) is 9.57. The highest BCUT2D eigenvalue weighted by Gasteiger charge is 2.41. The normalized spacial score (nSPS) is 17.2. The number of carbonyl (C=O) groups excluding carboxylic acids is 1. The highest BCUT2D eigenvalue weighted by atomic mass is 35.5. The zero-order chi connectivity index (χ0) is 14.6. The van der Waals surface area contributed by atoms with Gasteiger partial charge in [-0.1, -0.05) is 43.0 Å². The third kappa shape index (κ3) is 3.13. The standard InChI is InChI=1S/C16H19ClN2O/c1-19(11-13-5-7-14(17)8-6-13)15(20)16(12-18)9-3-2-4-10-16/h5-8H,2-4,9-11H2,1H3. The molecule has 0 N–H and O–H groups in total. The summed E-state index contributed by atoms with van der Waals surface area (Å²) in [6.07, 6.45) is 4.43. The number of benzene rings is 1. The van der Waals surface area contributed by atoms with Gasteiger partial charge >= 0.3 is 0 Å². The van der Waals surface area contributed by atoms with Gasteiger partial charge in [0.15, 0.2) is 0 Å². The van der Waals surface area contributed by atoms with E-state index in [4.69, 9.17) is 11.6 Å². The van der Waals surface area contributed by atoms with E-state index in [9.17, 15) is 10.1 Å². The predicted octanol–water partition coefficient (Wildman–Crippen LogP) is 3.77. The fourth-order valence-electron chi connectivity index (χ4n) is 2.83. The maximum Gasteiger partial charge on any atom is 0.243 e. The first-order valence-electron chi connectivity index (χ1n) is 6.99. The Bertz CT molecular complexity index is 512. The lowest BCUT2D eigenvalue weighted by Gasteiger charge is -2.33. The minimum atomic E-state index is -0.806. The van der Waals surface area contributed by atoms with Crippen molar-refractivity contribution in [2.24, 2.45) is 5.41 Å². The highest BCUT2D eigenvalue weighted by Crippen LogP contribution is 2.37. The van der Waals surface area contributed by atoms with Crippen molar-refractivity contribution in [3.63, 3.8) is 0 Å². The topological polar surface area (TPSA) is 44.1 Å². The van der Waals surface area contributed by atoms with Crippen molar-refractivity contribution < 1.29 is 4.79 Å². The summed E-state index contributed by atoms with van der Waals surface area (Å²) < 4.78 is 0. The molecule has 2 rings (SSSR count). The molecule has 3 nitrogen and oxygen atoms in total. The van der Waals surface area contributed by atoms with Crippen LogP contribution in [0.5, 0.6) is 0 Å². The third-order valence-electron chi connectivity index (χ3n) is 4.01. The second kappa shape index (κ2) is 6.28. The number of rotatable bonds is 3. The minimum absolute atomic E-state index is 0.0466. The first kappa shape index (κ1) is 14.9.